The summed E-state index contributed by atoms with van der Waals surface area (Å²) in [5, 5.41) is 4.06. The van der Waals surface area contributed by atoms with E-state index < -0.39 is 0 Å². The number of hydrogen-bond donors (Lipinski definition) is 1. The molecule has 0 unspecified atom stereocenters. The van der Waals surface area contributed by atoms with Gasteiger partial charge in [0.2, 0.25) is 11.7 Å². The smallest absolute Gasteiger partial charge is 0.234 e. The highest BCUT2D eigenvalue weighted by Crippen LogP contribution is 2.39. The van der Waals surface area contributed by atoms with Gasteiger partial charge in [0.15, 0.2) is 0 Å². The molecule has 0 atom stereocenters. The summed E-state index contributed by atoms with van der Waals surface area (Å²) in [6.45, 7) is 0.561. The summed E-state index contributed by atoms with van der Waals surface area (Å²) in [5.74, 6) is 1.24. The van der Waals surface area contributed by atoms with Gasteiger partial charge in [0.1, 0.15) is 0 Å². The summed E-state index contributed by atoms with van der Waals surface area (Å²) in [4.78, 5) is 8.64. The average Bonchev–Trinajstić information content (AvgIpc) is 3.08. The SMILES string of the molecule is NCC1(c2nc(-c3cncc(Br)c3)no2)CCCC1. The molecule has 0 amide bonds. The Morgan fingerprint density at radius 1 is 1.32 bits per heavy atom. The van der Waals surface area contributed by atoms with Gasteiger partial charge >= 0.3 is 0 Å². The summed E-state index contributed by atoms with van der Waals surface area (Å²) in [5.41, 5.74) is 6.65. The zero-order chi connectivity index (χ0) is 13.3. The predicted molar refractivity (Wildman–Crippen MR) is 74.4 cm³/mol. The topological polar surface area (TPSA) is 77.8 Å². The van der Waals surface area contributed by atoms with Crippen molar-refractivity contribution in [2.75, 3.05) is 6.54 Å². The Bertz CT molecular complexity index is 578. The van der Waals surface area contributed by atoms with Gasteiger partial charge in [0.05, 0.1) is 5.41 Å². The van der Waals surface area contributed by atoms with Crippen molar-refractivity contribution in [1.29, 1.82) is 0 Å². The minimum Gasteiger partial charge on any atom is -0.338 e. The highest BCUT2D eigenvalue weighted by molar-refractivity contribution is 9.10. The summed E-state index contributed by atoms with van der Waals surface area (Å²) < 4.78 is 6.35. The van der Waals surface area contributed by atoms with E-state index in [4.69, 9.17) is 10.3 Å². The number of hydrogen-bond acceptors (Lipinski definition) is 5. The zero-order valence-electron chi connectivity index (χ0n) is 10.5. The van der Waals surface area contributed by atoms with Gasteiger partial charge in [-0.3, -0.25) is 4.98 Å². The summed E-state index contributed by atoms with van der Waals surface area (Å²) >= 11 is 3.39. The first-order chi connectivity index (χ1) is 9.23. The van der Waals surface area contributed by atoms with Crippen LogP contribution in [-0.2, 0) is 5.41 Å². The first-order valence-electron chi connectivity index (χ1n) is 6.39. The van der Waals surface area contributed by atoms with Gasteiger partial charge in [-0.1, -0.05) is 18.0 Å². The largest absolute Gasteiger partial charge is 0.338 e. The van der Waals surface area contributed by atoms with Crippen LogP contribution in [0.4, 0.5) is 0 Å². The zero-order valence-corrected chi connectivity index (χ0v) is 12.1. The molecule has 0 bridgehead atoms. The van der Waals surface area contributed by atoms with E-state index in [0.29, 0.717) is 18.3 Å². The highest BCUT2D eigenvalue weighted by atomic mass is 79.9. The fourth-order valence-electron chi connectivity index (χ4n) is 2.65. The molecule has 100 valence electrons. The van der Waals surface area contributed by atoms with Crippen LogP contribution in [0.15, 0.2) is 27.5 Å². The number of nitrogens with two attached hydrogens (primary N) is 1. The molecule has 2 aromatic heterocycles. The fraction of sp³-hybridized carbons (Fsp3) is 0.462. The van der Waals surface area contributed by atoms with Crippen molar-refractivity contribution in [3.8, 4) is 11.4 Å². The van der Waals surface area contributed by atoms with Gasteiger partial charge in [-0.15, -0.1) is 0 Å². The van der Waals surface area contributed by atoms with Crippen LogP contribution in [0, 0.1) is 0 Å². The highest BCUT2D eigenvalue weighted by Gasteiger charge is 2.39. The van der Waals surface area contributed by atoms with Crippen molar-refractivity contribution < 1.29 is 4.52 Å². The second-order valence-corrected chi connectivity index (χ2v) is 5.92. The molecule has 6 heteroatoms. The summed E-state index contributed by atoms with van der Waals surface area (Å²) in [6, 6.07) is 1.92. The third-order valence-corrected chi connectivity index (χ3v) is 4.23. The van der Waals surface area contributed by atoms with Crippen LogP contribution < -0.4 is 5.73 Å². The van der Waals surface area contributed by atoms with E-state index in [1.165, 1.54) is 12.8 Å². The molecule has 1 saturated carbocycles. The molecule has 1 aliphatic carbocycles. The molecule has 5 nitrogen and oxygen atoms in total. The first kappa shape index (κ1) is 12.7. The average molecular weight is 323 g/mol. The molecule has 0 saturated heterocycles. The van der Waals surface area contributed by atoms with Crippen LogP contribution in [0.3, 0.4) is 0 Å². The summed E-state index contributed by atoms with van der Waals surface area (Å²) in [6.07, 6.45) is 7.86. The minimum atomic E-state index is -0.120. The van der Waals surface area contributed by atoms with Gasteiger partial charge in [-0.2, -0.15) is 4.98 Å². The van der Waals surface area contributed by atoms with Crippen LogP contribution in [-0.4, -0.2) is 21.7 Å². The quantitative estimate of drug-likeness (QED) is 0.939. The van der Waals surface area contributed by atoms with Crippen molar-refractivity contribution >= 4 is 15.9 Å². The van der Waals surface area contributed by atoms with Crippen LogP contribution in [0.25, 0.3) is 11.4 Å². The summed E-state index contributed by atoms with van der Waals surface area (Å²) in [7, 11) is 0. The molecule has 2 N–H and O–H groups in total. The molecule has 1 aliphatic rings. The van der Waals surface area contributed by atoms with Gasteiger partial charge in [-0.25, -0.2) is 0 Å². The standard InChI is InChI=1S/C13H15BrN4O/c14-10-5-9(6-16-7-10)11-17-12(19-18-11)13(8-15)3-1-2-4-13/h5-7H,1-4,8,15H2. The third kappa shape index (κ3) is 2.30. The second kappa shape index (κ2) is 5.02. The number of halogens is 1. The number of nitrogens with zero attached hydrogens (tertiary/aromatic N) is 3. The monoisotopic (exact) mass is 322 g/mol. The Balaban J connectivity index is 1.95. The number of pyridine rings is 1. The van der Waals surface area contributed by atoms with E-state index >= 15 is 0 Å². The lowest BCUT2D eigenvalue weighted by Gasteiger charge is -2.21. The predicted octanol–water partition coefficient (Wildman–Crippen LogP) is 2.66. The maximum atomic E-state index is 5.93. The number of rotatable bonds is 3. The van der Waals surface area contributed by atoms with E-state index in [9.17, 15) is 0 Å². The molecule has 0 radical (unpaired) electrons. The molecule has 1 fully saturated rings. The minimum absolute atomic E-state index is 0.120. The Morgan fingerprint density at radius 3 is 2.79 bits per heavy atom. The van der Waals surface area contributed by atoms with Crippen molar-refractivity contribution in [2.45, 2.75) is 31.1 Å². The molecule has 19 heavy (non-hydrogen) atoms. The maximum absolute atomic E-state index is 5.93. The second-order valence-electron chi connectivity index (χ2n) is 5.01. The third-order valence-electron chi connectivity index (χ3n) is 3.79. The molecule has 3 rings (SSSR count). The molecular weight excluding hydrogens is 308 g/mol. The van der Waals surface area contributed by atoms with Gasteiger partial charge in [0.25, 0.3) is 0 Å². The molecule has 2 heterocycles. The lowest BCUT2D eigenvalue weighted by molar-refractivity contribution is 0.284. The van der Waals surface area contributed by atoms with E-state index in [0.717, 1.165) is 22.9 Å². The van der Waals surface area contributed by atoms with Crippen LogP contribution in [0.1, 0.15) is 31.6 Å². The van der Waals surface area contributed by atoms with Gasteiger partial charge in [-0.05, 0) is 34.8 Å². The Morgan fingerprint density at radius 2 is 2.11 bits per heavy atom. The van der Waals surface area contributed by atoms with Crippen LogP contribution in [0.2, 0.25) is 0 Å². The van der Waals surface area contributed by atoms with Gasteiger partial charge in [0, 0.05) is 29.0 Å². The molecule has 0 aliphatic heterocycles. The van der Waals surface area contributed by atoms with E-state index in [-0.39, 0.29) is 5.41 Å². The molecule has 2 aromatic rings. The number of aromatic nitrogens is 3. The maximum Gasteiger partial charge on any atom is 0.234 e. The normalized spacial score (nSPS) is 17.8. The van der Waals surface area contributed by atoms with Crippen molar-refractivity contribution in [2.24, 2.45) is 5.73 Å². The van der Waals surface area contributed by atoms with E-state index in [1.54, 1.807) is 12.4 Å². The van der Waals surface area contributed by atoms with Crippen LogP contribution in [0.5, 0.6) is 0 Å². The first-order valence-corrected chi connectivity index (χ1v) is 7.18. The van der Waals surface area contributed by atoms with E-state index in [1.807, 2.05) is 6.07 Å². The van der Waals surface area contributed by atoms with Gasteiger partial charge < -0.3 is 10.3 Å². The molecule has 0 spiro atoms. The Labute approximate surface area is 119 Å². The Kier molecular flexibility index (Phi) is 3.36. The lowest BCUT2D eigenvalue weighted by Crippen LogP contribution is -2.32. The van der Waals surface area contributed by atoms with Crippen molar-refractivity contribution in [3.63, 3.8) is 0 Å². The molecule has 0 aromatic carbocycles. The van der Waals surface area contributed by atoms with Crippen molar-refractivity contribution in [1.82, 2.24) is 15.1 Å². The Hall–Kier alpha value is -1.27. The molecular formula is C13H15BrN4O. The fourth-order valence-corrected chi connectivity index (χ4v) is 3.01. The van der Waals surface area contributed by atoms with E-state index in [2.05, 4.69) is 31.1 Å². The van der Waals surface area contributed by atoms with Crippen molar-refractivity contribution in [3.05, 3.63) is 28.8 Å². The lowest BCUT2D eigenvalue weighted by atomic mass is 9.86. The van der Waals surface area contributed by atoms with Crippen LogP contribution >= 0.6 is 15.9 Å².